The molecule has 0 fully saturated rings. The van der Waals surface area contributed by atoms with E-state index in [1.54, 1.807) is 29.2 Å². The molecule has 0 atom stereocenters. The van der Waals surface area contributed by atoms with Crippen LogP contribution in [0.2, 0.25) is 0 Å². The predicted molar refractivity (Wildman–Crippen MR) is 104 cm³/mol. The van der Waals surface area contributed by atoms with Crippen molar-refractivity contribution >= 4 is 29.3 Å². The first kappa shape index (κ1) is 20.0. The molecule has 0 spiro atoms. The zero-order chi connectivity index (χ0) is 19.1. The van der Waals surface area contributed by atoms with Crippen molar-refractivity contribution in [1.82, 2.24) is 10.1 Å². The summed E-state index contributed by atoms with van der Waals surface area (Å²) >= 11 is 1.50. The lowest BCUT2D eigenvalue weighted by Crippen LogP contribution is -2.30. The molecule has 0 aliphatic heterocycles. The van der Waals surface area contributed by atoms with E-state index in [-0.39, 0.29) is 11.8 Å². The van der Waals surface area contributed by atoms with Crippen LogP contribution < -0.4 is 5.32 Å². The van der Waals surface area contributed by atoms with Crippen molar-refractivity contribution in [2.24, 2.45) is 0 Å². The number of rotatable bonds is 8. The molecule has 26 heavy (non-hydrogen) atoms. The standard InChI is InChI=1S/C19H25N3O3S/c1-5-22(6-2)19(24)15-8-7-9-16(10-15)20-18(23)12-26-11-17-13(3)21-25-14(17)4/h7-10H,5-6,11-12H2,1-4H3,(H,20,23). The second-order valence-corrected chi connectivity index (χ2v) is 6.89. The zero-order valence-corrected chi connectivity index (χ0v) is 16.5. The highest BCUT2D eigenvalue weighted by Gasteiger charge is 2.14. The second kappa shape index (κ2) is 9.43. The van der Waals surface area contributed by atoms with Gasteiger partial charge in [0.2, 0.25) is 5.91 Å². The number of carbonyl (C=O) groups excluding carboxylic acids is 2. The number of hydrogen-bond donors (Lipinski definition) is 1. The Morgan fingerprint density at radius 2 is 1.96 bits per heavy atom. The van der Waals surface area contributed by atoms with E-state index < -0.39 is 0 Å². The van der Waals surface area contributed by atoms with Gasteiger partial charge in [-0.05, 0) is 45.9 Å². The van der Waals surface area contributed by atoms with E-state index in [9.17, 15) is 9.59 Å². The minimum Gasteiger partial charge on any atom is -0.361 e. The van der Waals surface area contributed by atoms with E-state index in [1.165, 1.54) is 11.8 Å². The number of aromatic nitrogens is 1. The molecule has 2 aromatic rings. The van der Waals surface area contributed by atoms with Crippen LogP contribution in [0.3, 0.4) is 0 Å². The summed E-state index contributed by atoms with van der Waals surface area (Å²) in [6, 6.07) is 7.05. The Balaban J connectivity index is 1.91. The minimum atomic E-state index is -0.103. The smallest absolute Gasteiger partial charge is 0.253 e. The predicted octanol–water partition coefficient (Wildman–Crippen LogP) is 3.65. The molecule has 2 amide bonds. The first-order valence-electron chi connectivity index (χ1n) is 8.64. The van der Waals surface area contributed by atoms with Gasteiger partial charge in [0, 0.05) is 35.7 Å². The van der Waals surface area contributed by atoms with Gasteiger partial charge in [-0.25, -0.2) is 0 Å². The van der Waals surface area contributed by atoms with Crippen molar-refractivity contribution in [1.29, 1.82) is 0 Å². The first-order chi connectivity index (χ1) is 12.5. The molecule has 0 saturated carbocycles. The van der Waals surface area contributed by atoms with Crippen LogP contribution in [-0.4, -0.2) is 40.7 Å². The van der Waals surface area contributed by atoms with Crippen LogP contribution in [0.15, 0.2) is 28.8 Å². The Morgan fingerprint density at radius 1 is 1.23 bits per heavy atom. The van der Waals surface area contributed by atoms with E-state index in [1.807, 2.05) is 27.7 Å². The maximum atomic E-state index is 12.4. The Morgan fingerprint density at radius 3 is 2.58 bits per heavy atom. The number of benzene rings is 1. The summed E-state index contributed by atoms with van der Waals surface area (Å²) in [5, 5.41) is 6.76. The van der Waals surface area contributed by atoms with Crippen LogP contribution in [0.25, 0.3) is 0 Å². The molecule has 0 saturated heterocycles. The molecule has 7 heteroatoms. The third-order valence-corrected chi connectivity index (χ3v) is 5.06. The van der Waals surface area contributed by atoms with E-state index in [0.29, 0.717) is 35.8 Å². The number of anilines is 1. The third kappa shape index (κ3) is 5.11. The fraction of sp³-hybridized carbons (Fsp3) is 0.421. The number of nitrogens with one attached hydrogen (secondary N) is 1. The lowest BCUT2D eigenvalue weighted by Gasteiger charge is -2.19. The molecule has 140 valence electrons. The maximum absolute atomic E-state index is 12.4. The highest BCUT2D eigenvalue weighted by atomic mass is 32.2. The number of aryl methyl sites for hydroxylation is 2. The van der Waals surface area contributed by atoms with E-state index in [0.717, 1.165) is 17.0 Å². The molecular weight excluding hydrogens is 350 g/mol. The summed E-state index contributed by atoms with van der Waals surface area (Å²) in [6.07, 6.45) is 0. The van der Waals surface area contributed by atoms with Gasteiger partial charge in [0.25, 0.3) is 5.91 Å². The molecule has 1 N–H and O–H groups in total. The van der Waals surface area contributed by atoms with Gasteiger partial charge in [-0.15, -0.1) is 11.8 Å². The fourth-order valence-electron chi connectivity index (χ4n) is 2.57. The highest BCUT2D eigenvalue weighted by Crippen LogP contribution is 2.20. The summed E-state index contributed by atoms with van der Waals surface area (Å²) in [7, 11) is 0. The summed E-state index contributed by atoms with van der Waals surface area (Å²) < 4.78 is 5.12. The van der Waals surface area contributed by atoms with E-state index in [2.05, 4.69) is 10.5 Å². The average molecular weight is 375 g/mol. The third-order valence-electron chi connectivity index (χ3n) is 4.10. The lowest BCUT2D eigenvalue weighted by molar-refractivity contribution is -0.113. The van der Waals surface area contributed by atoms with Gasteiger partial charge in [-0.2, -0.15) is 0 Å². The monoisotopic (exact) mass is 375 g/mol. The fourth-order valence-corrected chi connectivity index (χ4v) is 3.55. The topological polar surface area (TPSA) is 75.4 Å². The summed E-state index contributed by atoms with van der Waals surface area (Å²) in [5.74, 6) is 1.65. The molecule has 6 nitrogen and oxygen atoms in total. The van der Waals surface area contributed by atoms with Gasteiger partial charge in [0.1, 0.15) is 5.76 Å². The van der Waals surface area contributed by atoms with Crippen LogP contribution in [-0.2, 0) is 10.5 Å². The van der Waals surface area contributed by atoms with Crippen molar-refractivity contribution in [3.8, 4) is 0 Å². The Labute approximate surface area is 158 Å². The zero-order valence-electron chi connectivity index (χ0n) is 15.7. The average Bonchev–Trinajstić information content (AvgIpc) is 2.95. The van der Waals surface area contributed by atoms with Crippen LogP contribution in [0.4, 0.5) is 5.69 Å². The number of hydrogen-bond acceptors (Lipinski definition) is 5. The quantitative estimate of drug-likeness (QED) is 0.762. The summed E-state index contributed by atoms with van der Waals surface area (Å²) in [4.78, 5) is 26.3. The van der Waals surface area contributed by atoms with E-state index >= 15 is 0 Å². The molecule has 1 aromatic heterocycles. The molecule has 0 aliphatic rings. The minimum absolute atomic E-state index is 0.0288. The number of thioether (sulfide) groups is 1. The van der Waals surface area contributed by atoms with Gasteiger partial charge in [-0.1, -0.05) is 11.2 Å². The molecule has 1 aromatic carbocycles. The lowest BCUT2D eigenvalue weighted by atomic mass is 10.1. The highest BCUT2D eigenvalue weighted by molar-refractivity contribution is 7.99. The molecule has 0 unspecified atom stereocenters. The van der Waals surface area contributed by atoms with Crippen molar-refractivity contribution in [3.05, 3.63) is 46.8 Å². The van der Waals surface area contributed by atoms with Crippen LogP contribution in [0, 0.1) is 13.8 Å². The Kier molecular flexibility index (Phi) is 7.26. The normalized spacial score (nSPS) is 10.6. The molecule has 0 aliphatic carbocycles. The van der Waals surface area contributed by atoms with E-state index in [4.69, 9.17) is 4.52 Å². The van der Waals surface area contributed by atoms with Crippen molar-refractivity contribution in [2.45, 2.75) is 33.4 Å². The van der Waals surface area contributed by atoms with Crippen molar-refractivity contribution in [2.75, 3.05) is 24.2 Å². The maximum Gasteiger partial charge on any atom is 0.253 e. The summed E-state index contributed by atoms with van der Waals surface area (Å²) in [5.41, 5.74) is 3.11. The summed E-state index contributed by atoms with van der Waals surface area (Å²) in [6.45, 7) is 8.97. The SMILES string of the molecule is CCN(CC)C(=O)c1cccc(NC(=O)CSCc2c(C)noc2C)c1. The second-order valence-electron chi connectivity index (χ2n) is 5.90. The number of nitrogens with zero attached hydrogens (tertiary/aromatic N) is 2. The van der Waals surface area contributed by atoms with Gasteiger partial charge < -0.3 is 14.7 Å². The molecular formula is C19H25N3O3S. The first-order valence-corrected chi connectivity index (χ1v) is 9.80. The van der Waals surface area contributed by atoms with Crippen molar-refractivity contribution < 1.29 is 14.1 Å². The van der Waals surface area contributed by atoms with Gasteiger partial charge in [0.15, 0.2) is 0 Å². The van der Waals surface area contributed by atoms with Crippen LogP contribution in [0.1, 0.15) is 41.2 Å². The van der Waals surface area contributed by atoms with Crippen LogP contribution in [0.5, 0.6) is 0 Å². The van der Waals surface area contributed by atoms with Crippen molar-refractivity contribution in [3.63, 3.8) is 0 Å². The molecule has 2 rings (SSSR count). The van der Waals surface area contributed by atoms with Gasteiger partial charge in [-0.3, -0.25) is 9.59 Å². The Hall–Kier alpha value is -2.28. The van der Waals surface area contributed by atoms with Crippen LogP contribution >= 0.6 is 11.8 Å². The van der Waals surface area contributed by atoms with Gasteiger partial charge in [0.05, 0.1) is 11.4 Å². The largest absolute Gasteiger partial charge is 0.361 e. The molecule has 0 bridgehead atoms. The molecule has 1 heterocycles. The number of carbonyl (C=O) groups is 2. The number of amides is 2. The van der Waals surface area contributed by atoms with Gasteiger partial charge >= 0.3 is 0 Å². The Bertz CT molecular complexity index is 750. The molecule has 0 radical (unpaired) electrons.